The van der Waals surface area contributed by atoms with Crippen LogP contribution in [0.3, 0.4) is 0 Å². The van der Waals surface area contributed by atoms with Crippen LogP contribution in [0.25, 0.3) is 0 Å². The second-order valence-corrected chi connectivity index (χ2v) is 5.92. The van der Waals surface area contributed by atoms with E-state index in [0.29, 0.717) is 12.5 Å². The molecule has 0 amide bonds. The Balaban J connectivity index is 1.90. The van der Waals surface area contributed by atoms with Crippen molar-refractivity contribution < 1.29 is 9.52 Å². The second kappa shape index (κ2) is 6.92. The van der Waals surface area contributed by atoms with Crippen molar-refractivity contribution >= 4 is 0 Å². The highest BCUT2D eigenvalue weighted by atomic mass is 16.3. The summed E-state index contributed by atoms with van der Waals surface area (Å²) < 4.78 is 5.58. The summed E-state index contributed by atoms with van der Waals surface area (Å²) in [5.74, 6) is 2.31. The molecular weight excluding hydrogens is 262 g/mol. The van der Waals surface area contributed by atoms with E-state index in [9.17, 15) is 5.11 Å². The summed E-state index contributed by atoms with van der Waals surface area (Å²) in [6, 6.07) is 12.2. The van der Waals surface area contributed by atoms with Gasteiger partial charge in [0.25, 0.3) is 0 Å². The van der Waals surface area contributed by atoms with Gasteiger partial charge in [0.15, 0.2) is 0 Å². The maximum Gasteiger partial charge on any atom is 0.120 e. The van der Waals surface area contributed by atoms with Gasteiger partial charge in [-0.3, -0.25) is 0 Å². The summed E-state index contributed by atoms with van der Waals surface area (Å²) in [6.07, 6.45) is -0.510. The first-order chi connectivity index (χ1) is 9.97. The molecule has 3 nitrogen and oxygen atoms in total. The van der Waals surface area contributed by atoms with E-state index >= 15 is 0 Å². The third-order valence-corrected chi connectivity index (χ3v) is 3.79. The van der Waals surface area contributed by atoms with Crippen LogP contribution in [-0.4, -0.2) is 11.7 Å². The molecule has 0 aliphatic heterocycles. The van der Waals surface area contributed by atoms with E-state index in [1.54, 1.807) is 0 Å². The zero-order chi connectivity index (χ0) is 15.4. The zero-order valence-corrected chi connectivity index (χ0v) is 13.3. The molecule has 0 bridgehead atoms. The van der Waals surface area contributed by atoms with E-state index in [-0.39, 0.29) is 6.04 Å². The van der Waals surface area contributed by atoms with Gasteiger partial charge in [-0.05, 0) is 43.0 Å². The maximum absolute atomic E-state index is 10.3. The number of hydrogen-bond acceptors (Lipinski definition) is 3. The molecule has 3 heteroatoms. The third kappa shape index (κ3) is 4.19. The van der Waals surface area contributed by atoms with E-state index in [2.05, 4.69) is 31.3 Å². The Kier molecular flexibility index (Phi) is 5.21. The summed E-state index contributed by atoms with van der Waals surface area (Å²) in [6.45, 7) is 8.80. The van der Waals surface area contributed by atoms with Crippen molar-refractivity contribution in [1.29, 1.82) is 0 Å². The molecule has 0 radical (unpaired) electrons. The van der Waals surface area contributed by atoms with E-state index < -0.39 is 6.10 Å². The summed E-state index contributed by atoms with van der Waals surface area (Å²) in [4.78, 5) is 0. The van der Waals surface area contributed by atoms with E-state index in [0.717, 1.165) is 17.1 Å². The lowest BCUT2D eigenvalue weighted by Crippen LogP contribution is -2.24. The number of furan rings is 1. The fourth-order valence-corrected chi connectivity index (χ4v) is 2.30. The summed E-state index contributed by atoms with van der Waals surface area (Å²) in [5.41, 5.74) is 2.23. The number of aliphatic hydroxyl groups excluding tert-OH is 1. The molecule has 0 aliphatic carbocycles. The van der Waals surface area contributed by atoms with Crippen LogP contribution in [0.5, 0.6) is 0 Å². The highest BCUT2D eigenvalue weighted by molar-refractivity contribution is 5.26. The Morgan fingerprint density at radius 3 is 2.14 bits per heavy atom. The van der Waals surface area contributed by atoms with Gasteiger partial charge >= 0.3 is 0 Å². The lowest BCUT2D eigenvalue weighted by atomic mass is 10.00. The molecule has 21 heavy (non-hydrogen) atoms. The number of benzene rings is 1. The Hall–Kier alpha value is -1.58. The van der Waals surface area contributed by atoms with Gasteiger partial charge in [0, 0.05) is 6.54 Å². The first-order valence-corrected chi connectivity index (χ1v) is 7.55. The fourth-order valence-electron chi connectivity index (χ4n) is 2.30. The van der Waals surface area contributed by atoms with Crippen molar-refractivity contribution in [3.05, 3.63) is 59.0 Å². The van der Waals surface area contributed by atoms with Crippen LogP contribution < -0.4 is 5.32 Å². The number of aliphatic hydroxyl groups is 1. The van der Waals surface area contributed by atoms with Crippen LogP contribution in [0.2, 0.25) is 0 Å². The molecule has 2 atom stereocenters. The summed E-state index contributed by atoms with van der Waals surface area (Å²) in [5, 5.41) is 13.6. The van der Waals surface area contributed by atoms with E-state index in [1.807, 2.05) is 38.1 Å². The van der Waals surface area contributed by atoms with Crippen molar-refractivity contribution in [3.8, 4) is 0 Å². The van der Waals surface area contributed by atoms with Crippen LogP contribution in [0.4, 0.5) is 0 Å². The van der Waals surface area contributed by atoms with Crippen LogP contribution >= 0.6 is 0 Å². The SMILES string of the molecule is Cc1ccc(C(C)NCC(O)c2ccc(C(C)C)cc2)o1. The van der Waals surface area contributed by atoms with Gasteiger partial charge in [-0.25, -0.2) is 0 Å². The summed E-state index contributed by atoms with van der Waals surface area (Å²) >= 11 is 0. The Morgan fingerprint density at radius 1 is 1.00 bits per heavy atom. The molecule has 1 heterocycles. The van der Waals surface area contributed by atoms with Gasteiger partial charge in [0.2, 0.25) is 0 Å². The first kappa shape index (κ1) is 15.8. The van der Waals surface area contributed by atoms with Crippen LogP contribution in [-0.2, 0) is 0 Å². The molecular formula is C18H25NO2. The molecule has 1 aromatic heterocycles. The number of rotatable bonds is 6. The van der Waals surface area contributed by atoms with Gasteiger partial charge in [-0.15, -0.1) is 0 Å². The number of nitrogens with one attached hydrogen (secondary N) is 1. The predicted octanol–water partition coefficient (Wildman–Crippen LogP) is 4.10. The third-order valence-electron chi connectivity index (χ3n) is 3.79. The van der Waals surface area contributed by atoms with Crippen molar-refractivity contribution in [1.82, 2.24) is 5.32 Å². The monoisotopic (exact) mass is 287 g/mol. The van der Waals surface area contributed by atoms with Crippen LogP contribution in [0.1, 0.15) is 61.5 Å². The Labute approximate surface area is 127 Å². The molecule has 0 fully saturated rings. The smallest absolute Gasteiger partial charge is 0.120 e. The molecule has 2 N–H and O–H groups in total. The van der Waals surface area contributed by atoms with Crippen LogP contribution in [0, 0.1) is 6.92 Å². The molecule has 2 rings (SSSR count). The second-order valence-electron chi connectivity index (χ2n) is 5.92. The van der Waals surface area contributed by atoms with Crippen molar-refractivity contribution in [2.24, 2.45) is 0 Å². The highest BCUT2D eigenvalue weighted by Crippen LogP contribution is 2.20. The van der Waals surface area contributed by atoms with Crippen molar-refractivity contribution in [2.75, 3.05) is 6.54 Å². The maximum atomic E-state index is 10.3. The van der Waals surface area contributed by atoms with Gasteiger partial charge in [-0.1, -0.05) is 38.1 Å². The largest absolute Gasteiger partial charge is 0.465 e. The normalized spacial score (nSPS) is 14.4. The lowest BCUT2D eigenvalue weighted by Gasteiger charge is -2.16. The highest BCUT2D eigenvalue weighted by Gasteiger charge is 2.13. The molecule has 0 saturated carbocycles. The Morgan fingerprint density at radius 2 is 1.62 bits per heavy atom. The van der Waals surface area contributed by atoms with Gasteiger partial charge in [-0.2, -0.15) is 0 Å². The standard InChI is InChI=1S/C18H25NO2/c1-12(2)15-6-8-16(9-7-15)17(20)11-19-14(4)18-10-5-13(3)21-18/h5-10,12,14,17,19-20H,11H2,1-4H3. The van der Waals surface area contributed by atoms with E-state index in [1.165, 1.54) is 5.56 Å². The molecule has 0 spiro atoms. The molecule has 114 valence electrons. The summed E-state index contributed by atoms with van der Waals surface area (Å²) in [7, 11) is 0. The van der Waals surface area contributed by atoms with Crippen molar-refractivity contribution in [3.63, 3.8) is 0 Å². The van der Waals surface area contributed by atoms with Gasteiger partial charge < -0.3 is 14.8 Å². The lowest BCUT2D eigenvalue weighted by molar-refractivity contribution is 0.169. The predicted molar refractivity (Wildman–Crippen MR) is 85.4 cm³/mol. The average Bonchev–Trinajstić information content (AvgIpc) is 2.91. The minimum absolute atomic E-state index is 0.0864. The quantitative estimate of drug-likeness (QED) is 0.841. The van der Waals surface area contributed by atoms with Gasteiger partial charge in [0.1, 0.15) is 11.5 Å². The molecule has 0 aliphatic rings. The molecule has 2 aromatic rings. The minimum Gasteiger partial charge on any atom is -0.465 e. The topological polar surface area (TPSA) is 45.4 Å². The molecule has 2 unspecified atom stereocenters. The average molecular weight is 287 g/mol. The number of hydrogen-bond donors (Lipinski definition) is 2. The molecule has 1 aromatic carbocycles. The van der Waals surface area contributed by atoms with Crippen LogP contribution in [0.15, 0.2) is 40.8 Å². The van der Waals surface area contributed by atoms with Crippen molar-refractivity contribution in [2.45, 2.75) is 45.8 Å². The van der Waals surface area contributed by atoms with E-state index in [4.69, 9.17) is 4.42 Å². The molecule has 0 saturated heterocycles. The van der Waals surface area contributed by atoms with Gasteiger partial charge in [0.05, 0.1) is 12.1 Å². The number of aryl methyl sites for hydroxylation is 1. The fraction of sp³-hybridized carbons (Fsp3) is 0.444. The minimum atomic E-state index is -0.510. The first-order valence-electron chi connectivity index (χ1n) is 7.55. The Bertz CT molecular complexity index is 557. The zero-order valence-electron chi connectivity index (χ0n) is 13.3.